The molecule has 2 nitrogen and oxygen atoms in total. The van der Waals surface area contributed by atoms with Crippen LogP contribution in [0.1, 0.15) is 31.3 Å². The molecule has 0 bridgehead atoms. The van der Waals surface area contributed by atoms with Crippen LogP contribution in [0.4, 0.5) is 4.39 Å². The van der Waals surface area contributed by atoms with Crippen molar-refractivity contribution < 1.29 is 13.6 Å². The summed E-state index contributed by atoms with van der Waals surface area (Å²) in [4.78, 5) is 11.9. The normalized spacial score (nSPS) is 12.0. The Kier molecular flexibility index (Phi) is 2.34. The van der Waals surface area contributed by atoms with Crippen LogP contribution < -0.4 is 0 Å². The van der Waals surface area contributed by atoms with E-state index in [4.69, 9.17) is 4.42 Å². The highest BCUT2D eigenvalue weighted by Crippen LogP contribution is 2.27. The number of carbonyl (C=O) groups excluding carboxylic acids is 1. The summed E-state index contributed by atoms with van der Waals surface area (Å²) in [6.45, 7) is 5.41. The van der Waals surface area contributed by atoms with E-state index < -0.39 is 11.2 Å². The van der Waals surface area contributed by atoms with E-state index in [2.05, 4.69) is 0 Å². The van der Waals surface area contributed by atoms with Gasteiger partial charge in [-0.3, -0.25) is 4.79 Å². The summed E-state index contributed by atoms with van der Waals surface area (Å²) in [5.41, 5.74) is -0.375. The second-order valence-electron chi connectivity index (χ2n) is 4.85. The van der Waals surface area contributed by atoms with Crippen molar-refractivity contribution in [3.8, 4) is 0 Å². The Labute approximate surface area is 93.1 Å². The van der Waals surface area contributed by atoms with Gasteiger partial charge in [0.05, 0.1) is 0 Å². The number of rotatable bonds is 1. The van der Waals surface area contributed by atoms with Crippen LogP contribution >= 0.6 is 0 Å². The van der Waals surface area contributed by atoms with Crippen molar-refractivity contribution in [1.29, 1.82) is 0 Å². The van der Waals surface area contributed by atoms with Crippen molar-refractivity contribution in [2.45, 2.75) is 20.8 Å². The van der Waals surface area contributed by atoms with Gasteiger partial charge in [0.2, 0.25) is 5.78 Å². The standard InChI is InChI=1S/C13H13FO2/c1-13(2,3)12(15)10-7-8-5-4-6-9(14)11(8)16-10/h4-7H,1-3H3. The fraction of sp³-hybridized carbons (Fsp3) is 0.308. The maximum absolute atomic E-state index is 13.4. The number of ketones is 1. The molecule has 1 heterocycles. The molecule has 0 saturated heterocycles. The number of fused-ring (bicyclic) bond motifs is 1. The molecule has 0 unspecified atom stereocenters. The van der Waals surface area contributed by atoms with E-state index in [9.17, 15) is 9.18 Å². The lowest BCUT2D eigenvalue weighted by Gasteiger charge is -2.13. The second-order valence-corrected chi connectivity index (χ2v) is 4.85. The first kappa shape index (κ1) is 10.9. The maximum Gasteiger partial charge on any atom is 0.203 e. The quantitative estimate of drug-likeness (QED) is 0.684. The van der Waals surface area contributed by atoms with Gasteiger partial charge in [-0.25, -0.2) is 4.39 Å². The maximum atomic E-state index is 13.4. The fourth-order valence-electron chi connectivity index (χ4n) is 1.51. The van der Waals surface area contributed by atoms with Gasteiger partial charge in [0.1, 0.15) is 0 Å². The molecular formula is C13H13FO2. The van der Waals surface area contributed by atoms with Crippen LogP contribution in [0.15, 0.2) is 28.7 Å². The molecule has 16 heavy (non-hydrogen) atoms. The van der Waals surface area contributed by atoms with Crippen molar-refractivity contribution in [3.63, 3.8) is 0 Å². The lowest BCUT2D eigenvalue weighted by molar-refractivity contribution is 0.0830. The Morgan fingerprint density at radius 1 is 1.31 bits per heavy atom. The average molecular weight is 220 g/mol. The molecule has 0 radical (unpaired) electrons. The molecular weight excluding hydrogens is 207 g/mol. The van der Waals surface area contributed by atoms with Gasteiger partial charge in [-0.2, -0.15) is 0 Å². The zero-order chi connectivity index (χ0) is 11.9. The first-order chi connectivity index (χ1) is 7.39. The van der Waals surface area contributed by atoms with Crippen LogP contribution in [0.25, 0.3) is 11.0 Å². The van der Waals surface area contributed by atoms with Gasteiger partial charge in [-0.15, -0.1) is 0 Å². The number of hydrogen-bond acceptors (Lipinski definition) is 2. The molecule has 3 heteroatoms. The number of benzene rings is 1. The first-order valence-corrected chi connectivity index (χ1v) is 5.12. The molecule has 0 N–H and O–H groups in total. The van der Waals surface area contributed by atoms with Crippen molar-refractivity contribution in [3.05, 3.63) is 35.8 Å². The molecule has 0 aliphatic heterocycles. The molecule has 0 aliphatic rings. The molecule has 2 aromatic rings. The van der Waals surface area contributed by atoms with E-state index in [1.54, 1.807) is 39.0 Å². The van der Waals surface area contributed by atoms with Crippen LogP contribution in [-0.2, 0) is 0 Å². The van der Waals surface area contributed by atoms with E-state index in [0.29, 0.717) is 5.39 Å². The Bertz CT molecular complexity index is 547. The van der Waals surface area contributed by atoms with Crippen molar-refractivity contribution in [1.82, 2.24) is 0 Å². The van der Waals surface area contributed by atoms with Crippen LogP contribution in [-0.4, -0.2) is 5.78 Å². The minimum Gasteiger partial charge on any atom is -0.450 e. The third-order valence-electron chi connectivity index (χ3n) is 2.40. The molecule has 0 saturated carbocycles. The molecule has 0 spiro atoms. The molecule has 1 aromatic carbocycles. The van der Waals surface area contributed by atoms with Crippen LogP contribution in [0.5, 0.6) is 0 Å². The highest BCUT2D eigenvalue weighted by atomic mass is 19.1. The van der Waals surface area contributed by atoms with E-state index in [-0.39, 0.29) is 17.1 Å². The summed E-state index contributed by atoms with van der Waals surface area (Å²) in [6, 6.07) is 6.23. The third kappa shape index (κ3) is 1.73. The first-order valence-electron chi connectivity index (χ1n) is 5.12. The zero-order valence-electron chi connectivity index (χ0n) is 9.50. The lowest BCUT2D eigenvalue weighted by Crippen LogP contribution is -2.19. The third-order valence-corrected chi connectivity index (χ3v) is 2.40. The van der Waals surface area contributed by atoms with Gasteiger partial charge in [0.25, 0.3) is 0 Å². The molecule has 0 atom stereocenters. The molecule has 2 rings (SSSR count). The Hall–Kier alpha value is -1.64. The van der Waals surface area contributed by atoms with E-state index in [1.165, 1.54) is 6.07 Å². The highest BCUT2D eigenvalue weighted by Gasteiger charge is 2.26. The van der Waals surface area contributed by atoms with Crippen molar-refractivity contribution in [2.75, 3.05) is 0 Å². The Morgan fingerprint density at radius 2 is 2.00 bits per heavy atom. The predicted octanol–water partition coefficient (Wildman–Crippen LogP) is 3.80. The second kappa shape index (κ2) is 3.44. The number of hydrogen-bond donors (Lipinski definition) is 0. The molecule has 0 amide bonds. The number of carbonyl (C=O) groups is 1. The highest BCUT2D eigenvalue weighted by molar-refractivity contribution is 6.00. The van der Waals surface area contributed by atoms with E-state index in [0.717, 1.165) is 0 Å². The average Bonchev–Trinajstić information content (AvgIpc) is 2.60. The molecule has 1 aromatic heterocycles. The number of para-hydroxylation sites is 1. The van der Waals surface area contributed by atoms with E-state index in [1.807, 2.05) is 0 Å². The SMILES string of the molecule is CC(C)(C)C(=O)c1cc2cccc(F)c2o1. The monoisotopic (exact) mass is 220 g/mol. The molecule has 0 fully saturated rings. The predicted molar refractivity (Wildman–Crippen MR) is 60.0 cm³/mol. The minimum absolute atomic E-state index is 0.122. The van der Waals surface area contributed by atoms with Gasteiger partial charge < -0.3 is 4.42 Å². The summed E-state index contributed by atoms with van der Waals surface area (Å²) >= 11 is 0. The zero-order valence-corrected chi connectivity index (χ0v) is 9.50. The van der Waals surface area contributed by atoms with Crippen molar-refractivity contribution >= 4 is 16.8 Å². The summed E-state index contributed by atoms with van der Waals surface area (Å²) < 4.78 is 18.6. The smallest absolute Gasteiger partial charge is 0.203 e. The topological polar surface area (TPSA) is 30.2 Å². The summed E-state index contributed by atoms with van der Waals surface area (Å²) in [5, 5.41) is 0.618. The van der Waals surface area contributed by atoms with Crippen LogP contribution in [0, 0.1) is 11.2 Å². The number of furan rings is 1. The summed E-state index contributed by atoms with van der Waals surface area (Å²) in [6.07, 6.45) is 0. The van der Waals surface area contributed by atoms with Crippen LogP contribution in [0.3, 0.4) is 0 Å². The number of halogens is 1. The Morgan fingerprint density at radius 3 is 2.56 bits per heavy atom. The lowest BCUT2D eigenvalue weighted by atomic mass is 9.89. The molecule has 0 aliphatic carbocycles. The van der Waals surface area contributed by atoms with Crippen molar-refractivity contribution in [2.24, 2.45) is 5.41 Å². The largest absolute Gasteiger partial charge is 0.450 e. The van der Waals surface area contributed by atoms with Gasteiger partial charge in [-0.05, 0) is 12.1 Å². The minimum atomic E-state index is -0.523. The van der Waals surface area contributed by atoms with Crippen LogP contribution in [0.2, 0.25) is 0 Å². The fourth-order valence-corrected chi connectivity index (χ4v) is 1.51. The summed E-state index contributed by atoms with van der Waals surface area (Å²) in [5.74, 6) is -0.346. The van der Waals surface area contributed by atoms with Gasteiger partial charge in [-0.1, -0.05) is 32.9 Å². The molecule has 84 valence electrons. The summed E-state index contributed by atoms with van der Waals surface area (Å²) in [7, 11) is 0. The van der Waals surface area contributed by atoms with Gasteiger partial charge in [0.15, 0.2) is 17.2 Å². The van der Waals surface area contributed by atoms with Gasteiger partial charge in [0, 0.05) is 10.8 Å². The number of Topliss-reactive ketones (excluding diaryl/α,β-unsaturated/α-hetero) is 1. The van der Waals surface area contributed by atoms with E-state index >= 15 is 0 Å². The van der Waals surface area contributed by atoms with Gasteiger partial charge >= 0.3 is 0 Å². The Balaban J connectivity index is 2.56.